The van der Waals surface area contributed by atoms with Crippen molar-refractivity contribution >= 4 is 22.3 Å². The summed E-state index contributed by atoms with van der Waals surface area (Å²) < 4.78 is 43.2. The Morgan fingerprint density at radius 3 is 1.58 bits per heavy atom. The van der Waals surface area contributed by atoms with E-state index in [1.165, 1.54) is 21.9 Å². The minimum absolute atomic E-state index is 0.0297. The number of ether oxygens (including phenoxy) is 2. The minimum atomic E-state index is -4.23. The highest BCUT2D eigenvalue weighted by atomic mass is 32.2. The number of hydrogen-bond acceptors (Lipinski definition) is 7. The van der Waals surface area contributed by atoms with Gasteiger partial charge >= 0.3 is 12.2 Å². The first-order valence-corrected chi connectivity index (χ1v) is 14.1. The zero-order valence-electron chi connectivity index (χ0n) is 23.9. The van der Waals surface area contributed by atoms with E-state index in [-0.39, 0.29) is 31.1 Å². The predicted octanol–water partition coefficient (Wildman–Crippen LogP) is 5.70. The Labute approximate surface area is 228 Å². The molecule has 0 heterocycles. The minimum Gasteiger partial charge on any atom is -0.444 e. The number of carbonyl (C=O) groups is 2. The van der Waals surface area contributed by atoms with Gasteiger partial charge in [-0.2, -0.15) is 8.42 Å². The Morgan fingerprint density at radius 1 is 0.842 bits per heavy atom. The quantitative estimate of drug-likeness (QED) is 0.229. The summed E-state index contributed by atoms with van der Waals surface area (Å²) in [4.78, 5) is 28.7. The lowest BCUT2D eigenvalue weighted by Crippen LogP contribution is -2.48. The van der Waals surface area contributed by atoms with Gasteiger partial charge in [-0.05, 0) is 73.4 Å². The van der Waals surface area contributed by atoms with E-state index in [0.717, 1.165) is 5.56 Å². The van der Waals surface area contributed by atoms with E-state index < -0.39 is 39.6 Å². The molecule has 1 aromatic rings. The van der Waals surface area contributed by atoms with Gasteiger partial charge in [0.2, 0.25) is 0 Å². The van der Waals surface area contributed by atoms with Crippen LogP contribution < -0.4 is 0 Å². The molecule has 0 unspecified atom stereocenters. The second-order valence-corrected chi connectivity index (χ2v) is 12.6. The molecule has 0 spiro atoms. The molecule has 214 valence electrons. The third-order valence-electron chi connectivity index (χ3n) is 4.93. The number of benzene rings is 1. The van der Waals surface area contributed by atoms with Gasteiger partial charge in [0.1, 0.15) is 17.3 Å². The van der Waals surface area contributed by atoms with Crippen molar-refractivity contribution in [3.8, 4) is 0 Å². The highest BCUT2D eigenvalue weighted by Crippen LogP contribution is 2.19. The first kappa shape index (κ1) is 33.2. The van der Waals surface area contributed by atoms with Crippen molar-refractivity contribution < 1.29 is 31.7 Å². The van der Waals surface area contributed by atoms with Crippen LogP contribution in [0.2, 0.25) is 0 Å². The zero-order chi connectivity index (χ0) is 29.1. The molecule has 0 aliphatic heterocycles. The van der Waals surface area contributed by atoms with Crippen LogP contribution >= 0.6 is 0 Å². The molecular weight excluding hydrogens is 508 g/mol. The van der Waals surface area contributed by atoms with E-state index in [1.54, 1.807) is 65.8 Å². The Kier molecular flexibility index (Phi) is 12.5. The summed E-state index contributed by atoms with van der Waals surface area (Å²) in [6, 6.07) is 6.24. The summed E-state index contributed by atoms with van der Waals surface area (Å²) in [6.45, 7) is 19.9. The molecule has 10 heteroatoms. The summed E-state index contributed by atoms with van der Waals surface area (Å²) >= 11 is 0. The second-order valence-electron chi connectivity index (χ2n) is 11.0. The normalized spacial score (nSPS) is 12.1. The van der Waals surface area contributed by atoms with Crippen LogP contribution in [0.15, 0.2) is 54.5 Å². The molecule has 0 bridgehead atoms. The van der Waals surface area contributed by atoms with Gasteiger partial charge in [0.25, 0.3) is 10.1 Å². The van der Waals surface area contributed by atoms with Gasteiger partial charge in [-0.15, -0.1) is 13.2 Å². The Bertz CT molecular complexity index is 992. The van der Waals surface area contributed by atoms with Crippen LogP contribution in [0.1, 0.15) is 59.9 Å². The lowest BCUT2D eigenvalue weighted by Gasteiger charge is -2.33. The third kappa shape index (κ3) is 12.6. The largest absolute Gasteiger partial charge is 0.444 e. The lowest BCUT2D eigenvalue weighted by atomic mass is 10.2. The molecule has 0 N–H and O–H groups in total. The topological polar surface area (TPSA) is 102 Å². The van der Waals surface area contributed by atoms with Crippen LogP contribution in [0.3, 0.4) is 0 Å². The Balaban J connectivity index is 3.39. The van der Waals surface area contributed by atoms with Gasteiger partial charge < -0.3 is 19.3 Å². The Morgan fingerprint density at radius 2 is 1.24 bits per heavy atom. The standard InChI is InChI=1S/C28H44N2O7S/c1-10-12-18-29(25(31)35-27(4,5)6)20-23(37-38(33,34)24-16-14-22(3)15-17-24)21-30(19-13-11-2)26(32)36-28(7,8)9/h10-11,14-17,23H,1-2,12-13,18-21H2,3-9H3. The lowest BCUT2D eigenvalue weighted by molar-refractivity contribution is 0.00622. The van der Waals surface area contributed by atoms with Crippen LogP contribution in [0.4, 0.5) is 9.59 Å². The molecule has 1 rings (SSSR count). The van der Waals surface area contributed by atoms with E-state index in [1.807, 2.05) is 6.92 Å². The Hall–Kier alpha value is -2.85. The maximum Gasteiger partial charge on any atom is 0.410 e. The van der Waals surface area contributed by atoms with E-state index in [9.17, 15) is 18.0 Å². The number of aryl methyl sites for hydroxylation is 1. The van der Waals surface area contributed by atoms with Crippen LogP contribution in [-0.2, 0) is 23.8 Å². The van der Waals surface area contributed by atoms with Crippen LogP contribution in [0.5, 0.6) is 0 Å². The smallest absolute Gasteiger partial charge is 0.410 e. The molecule has 0 aliphatic carbocycles. The van der Waals surface area contributed by atoms with E-state index in [0.29, 0.717) is 12.8 Å². The first-order chi connectivity index (χ1) is 17.5. The van der Waals surface area contributed by atoms with E-state index >= 15 is 0 Å². The fraction of sp³-hybridized carbons (Fsp3) is 0.571. The number of rotatable bonds is 13. The van der Waals surface area contributed by atoms with E-state index in [4.69, 9.17) is 13.7 Å². The molecular formula is C28H44N2O7S. The summed E-state index contributed by atoms with van der Waals surface area (Å²) in [6.07, 6.45) is 1.81. The molecule has 38 heavy (non-hydrogen) atoms. The molecule has 0 saturated carbocycles. The SMILES string of the molecule is C=CCCN(CC(CN(CCC=C)C(=O)OC(C)(C)C)OS(=O)(=O)c1ccc(C)cc1)C(=O)OC(C)(C)C. The fourth-order valence-electron chi connectivity index (χ4n) is 3.21. The van der Waals surface area contributed by atoms with Crippen LogP contribution in [0, 0.1) is 6.92 Å². The fourth-order valence-corrected chi connectivity index (χ4v) is 4.27. The molecule has 0 aliphatic rings. The molecule has 0 fully saturated rings. The summed E-state index contributed by atoms with van der Waals surface area (Å²) in [7, 11) is -4.23. The van der Waals surface area contributed by atoms with Crippen molar-refractivity contribution in [3.05, 3.63) is 55.1 Å². The van der Waals surface area contributed by atoms with Gasteiger partial charge in [-0.1, -0.05) is 29.8 Å². The molecule has 9 nitrogen and oxygen atoms in total. The summed E-state index contributed by atoms with van der Waals surface area (Å²) in [5, 5.41) is 0. The van der Waals surface area contributed by atoms with Crippen molar-refractivity contribution in [2.45, 2.75) is 83.5 Å². The van der Waals surface area contributed by atoms with Gasteiger partial charge in [-0.3, -0.25) is 4.18 Å². The average Bonchev–Trinajstić information content (AvgIpc) is 2.76. The number of nitrogens with zero attached hydrogens (tertiary/aromatic N) is 2. The molecule has 2 amide bonds. The summed E-state index contributed by atoms with van der Waals surface area (Å²) in [5.41, 5.74) is -0.637. The highest BCUT2D eigenvalue weighted by molar-refractivity contribution is 7.86. The van der Waals surface area contributed by atoms with Crippen LogP contribution in [-0.4, -0.2) is 73.9 Å². The van der Waals surface area contributed by atoms with Crippen molar-refractivity contribution in [2.75, 3.05) is 26.2 Å². The van der Waals surface area contributed by atoms with Crippen molar-refractivity contribution in [1.29, 1.82) is 0 Å². The maximum absolute atomic E-state index is 13.2. The van der Waals surface area contributed by atoms with Gasteiger partial charge in [0.05, 0.1) is 18.0 Å². The molecule has 1 aromatic carbocycles. The average molecular weight is 553 g/mol. The number of hydrogen-bond donors (Lipinski definition) is 0. The zero-order valence-corrected chi connectivity index (χ0v) is 24.7. The van der Waals surface area contributed by atoms with Gasteiger partial charge in [-0.25, -0.2) is 9.59 Å². The van der Waals surface area contributed by atoms with Gasteiger partial charge in [0, 0.05) is 13.1 Å². The highest BCUT2D eigenvalue weighted by Gasteiger charge is 2.32. The maximum atomic E-state index is 13.2. The number of amides is 2. The van der Waals surface area contributed by atoms with Crippen molar-refractivity contribution in [1.82, 2.24) is 9.80 Å². The summed E-state index contributed by atoms with van der Waals surface area (Å²) in [5.74, 6) is 0. The van der Waals surface area contributed by atoms with Crippen molar-refractivity contribution in [3.63, 3.8) is 0 Å². The van der Waals surface area contributed by atoms with E-state index in [2.05, 4.69) is 13.2 Å². The first-order valence-electron chi connectivity index (χ1n) is 12.6. The monoisotopic (exact) mass is 552 g/mol. The molecule has 0 atom stereocenters. The molecule has 0 aromatic heterocycles. The predicted molar refractivity (Wildman–Crippen MR) is 148 cm³/mol. The van der Waals surface area contributed by atoms with Crippen LogP contribution in [0.25, 0.3) is 0 Å². The van der Waals surface area contributed by atoms with Crippen molar-refractivity contribution in [2.24, 2.45) is 0 Å². The second kappa shape index (κ2) is 14.3. The molecule has 0 radical (unpaired) electrons. The molecule has 0 saturated heterocycles. The third-order valence-corrected chi connectivity index (χ3v) is 6.31. The number of carbonyl (C=O) groups excluding carboxylic acids is 2. The van der Waals surface area contributed by atoms with Gasteiger partial charge in [0.15, 0.2) is 0 Å².